The molecule has 2 aromatic rings. The van der Waals surface area contributed by atoms with Crippen LogP contribution in [0.4, 0.5) is 0 Å². The van der Waals surface area contributed by atoms with E-state index in [-0.39, 0.29) is 5.75 Å². The van der Waals surface area contributed by atoms with Crippen LogP contribution in [-0.2, 0) is 6.61 Å². The fourth-order valence-electron chi connectivity index (χ4n) is 1.40. The maximum atomic E-state index is 9.30. The van der Waals surface area contributed by atoms with E-state index in [0.717, 1.165) is 5.56 Å². The third-order valence-corrected chi connectivity index (χ3v) is 2.73. The normalized spacial score (nSPS) is 10.2. The summed E-state index contributed by atoms with van der Waals surface area (Å²) < 4.78 is 5.53. The molecule has 0 aliphatic rings. The number of hydrogen-bond donors (Lipinski definition) is 1. The molecule has 0 spiro atoms. The molecule has 0 bridgehead atoms. The lowest BCUT2D eigenvalue weighted by Gasteiger charge is -2.08. The standard InChI is InChI=1S/C13H10Cl2O2/c14-10-4-5-13(12(15)7-10)17-8-9-2-1-3-11(16)6-9/h1-7,16H,8H2. The van der Waals surface area contributed by atoms with Crippen molar-refractivity contribution >= 4 is 23.2 Å². The van der Waals surface area contributed by atoms with Gasteiger partial charge in [0.15, 0.2) is 0 Å². The molecule has 2 rings (SSSR count). The van der Waals surface area contributed by atoms with Crippen molar-refractivity contribution in [2.75, 3.05) is 0 Å². The van der Waals surface area contributed by atoms with Crippen molar-refractivity contribution in [2.24, 2.45) is 0 Å². The van der Waals surface area contributed by atoms with Gasteiger partial charge < -0.3 is 9.84 Å². The van der Waals surface area contributed by atoms with Gasteiger partial charge in [0.25, 0.3) is 0 Å². The Hall–Kier alpha value is -1.38. The Kier molecular flexibility index (Phi) is 3.77. The van der Waals surface area contributed by atoms with Gasteiger partial charge in [-0.05, 0) is 35.9 Å². The third-order valence-electron chi connectivity index (χ3n) is 2.20. The molecule has 4 heteroatoms. The second-order valence-corrected chi connectivity index (χ2v) is 4.38. The second-order valence-electron chi connectivity index (χ2n) is 3.53. The molecular weight excluding hydrogens is 259 g/mol. The predicted octanol–water partition coefficient (Wildman–Crippen LogP) is 4.28. The topological polar surface area (TPSA) is 29.5 Å². The third kappa shape index (κ3) is 3.29. The molecule has 0 aliphatic heterocycles. The van der Waals surface area contributed by atoms with Gasteiger partial charge in [0.2, 0.25) is 0 Å². The van der Waals surface area contributed by atoms with E-state index in [1.165, 1.54) is 0 Å². The Labute approximate surface area is 109 Å². The highest BCUT2D eigenvalue weighted by Gasteiger charge is 2.03. The number of aromatic hydroxyl groups is 1. The summed E-state index contributed by atoms with van der Waals surface area (Å²) in [4.78, 5) is 0. The number of phenols is 1. The monoisotopic (exact) mass is 268 g/mol. The minimum atomic E-state index is 0.216. The van der Waals surface area contributed by atoms with Gasteiger partial charge in [-0.3, -0.25) is 0 Å². The fraction of sp³-hybridized carbons (Fsp3) is 0.0769. The Morgan fingerprint density at radius 1 is 1.06 bits per heavy atom. The van der Waals surface area contributed by atoms with Crippen molar-refractivity contribution in [1.82, 2.24) is 0 Å². The van der Waals surface area contributed by atoms with Gasteiger partial charge in [0.05, 0.1) is 5.02 Å². The van der Waals surface area contributed by atoms with Gasteiger partial charge in [0, 0.05) is 5.02 Å². The van der Waals surface area contributed by atoms with Crippen LogP contribution in [0.2, 0.25) is 10.0 Å². The molecule has 0 radical (unpaired) electrons. The molecule has 0 saturated carbocycles. The van der Waals surface area contributed by atoms with E-state index in [9.17, 15) is 5.11 Å². The first kappa shape index (κ1) is 12.1. The van der Waals surface area contributed by atoms with Crippen LogP contribution in [-0.4, -0.2) is 5.11 Å². The van der Waals surface area contributed by atoms with Crippen LogP contribution in [0.1, 0.15) is 5.56 Å². The maximum absolute atomic E-state index is 9.30. The van der Waals surface area contributed by atoms with E-state index in [4.69, 9.17) is 27.9 Å². The zero-order valence-electron chi connectivity index (χ0n) is 8.86. The first-order valence-corrected chi connectivity index (χ1v) is 5.76. The molecule has 17 heavy (non-hydrogen) atoms. The average molecular weight is 269 g/mol. The van der Waals surface area contributed by atoms with E-state index < -0.39 is 0 Å². The Morgan fingerprint density at radius 2 is 1.88 bits per heavy atom. The van der Waals surface area contributed by atoms with Crippen LogP contribution in [0.15, 0.2) is 42.5 Å². The van der Waals surface area contributed by atoms with Crippen molar-refractivity contribution in [3.05, 3.63) is 58.1 Å². The number of hydrogen-bond acceptors (Lipinski definition) is 2. The van der Waals surface area contributed by atoms with E-state index in [1.54, 1.807) is 36.4 Å². The lowest BCUT2D eigenvalue weighted by atomic mass is 10.2. The molecule has 0 amide bonds. The van der Waals surface area contributed by atoms with Crippen LogP contribution >= 0.6 is 23.2 Å². The van der Waals surface area contributed by atoms with Gasteiger partial charge in [0.1, 0.15) is 18.1 Å². The Bertz CT molecular complexity index is 527. The van der Waals surface area contributed by atoms with Crippen LogP contribution in [0.5, 0.6) is 11.5 Å². The van der Waals surface area contributed by atoms with Gasteiger partial charge in [-0.1, -0.05) is 35.3 Å². The molecule has 0 aromatic heterocycles. The van der Waals surface area contributed by atoms with Gasteiger partial charge in [-0.15, -0.1) is 0 Å². The quantitative estimate of drug-likeness (QED) is 0.901. The lowest BCUT2D eigenvalue weighted by molar-refractivity contribution is 0.305. The van der Waals surface area contributed by atoms with Crippen molar-refractivity contribution in [2.45, 2.75) is 6.61 Å². The van der Waals surface area contributed by atoms with Crippen LogP contribution in [0, 0.1) is 0 Å². The number of halogens is 2. The molecule has 0 heterocycles. The molecule has 0 saturated heterocycles. The zero-order chi connectivity index (χ0) is 12.3. The zero-order valence-corrected chi connectivity index (χ0v) is 10.4. The predicted molar refractivity (Wildman–Crippen MR) is 68.9 cm³/mol. The van der Waals surface area contributed by atoms with Gasteiger partial charge in [-0.2, -0.15) is 0 Å². The summed E-state index contributed by atoms with van der Waals surface area (Å²) in [6, 6.07) is 11.9. The van der Waals surface area contributed by atoms with Crippen molar-refractivity contribution in [3.8, 4) is 11.5 Å². The van der Waals surface area contributed by atoms with Crippen LogP contribution in [0.25, 0.3) is 0 Å². The smallest absolute Gasteiger partial charge is 0.138 e. The highest BCUT2D eigenvalue weighted by atomic mass is 35.5. The largest absolute Gasteiger partial charge is 0.508 e. The van der Waals surface area contributed by atoms with Crippen LogP contribution < -0.4 is 4.74 Å². The highest BCUT2D eigenvalue weighted by molar-refractivity contribution is 6.35. The molecule has 0 unspecified atom stereocenters. The summed E-state index contributed by atoms with van der Waals surface area (Å²) in [6.45, 7) is 0.343. The van der Waals surface area contributed by atoms with E-state index in [1.807, 2.05) is 6.07 Å². The van der Waals surface area contributed by atoms with E-state index in [2.05, 4.69) is 0 Å². The Morgan fingerprint density at radius 3 is 2.59 bits per heavy atom. The average Bonchev–Trinajstić information content (AvgIpc) is 2.28. The molecular formula is C13H10Cl2O2. The summed E-state index contributed by atoms with van der Waals surface area (Å²) >= 11 is 11.8. The molecule has 0 fully saturated rings. The first-order valence-electron chi connectivity index (χ1n) is 5.01. The summed E-state index contributed by atoms with van der Waals surface area (Å²) in [5.74, 6) is 0.785. The van der Waals surface area contributed by atoms with Crippen molar-refractivity contribution in [3.63, 3.8) is 0 Å². The van der Waals surface area contributed by atoms with Gasteiger partial charge in [-0.25, -0.2) is 0 Å². The second kappa shape index (κ2) is 5.30. The van der Waals surface area contributed by atoms with Crippen molar-refractivity contribution in [1.29, 1.82) is 0 Å². The summed E-state index contributed by atoms with van der Waals surface area (Å²) in [5, 5.41) is 10.3. The molecule has 1 N–H and O–H groups in total. The molecule has 2 nitrogen and oxygen atoms in total. The Balaban J connectivity index is 2.07. The van der Waals surface area contributed by atoms with Gasteiger partial charge >= 0.3 is 0 Å². The number of phenolic OH excluding ortho intramolecular Hbond substituents is 1. The van der Waals surface area contributed by atoms with Crippen LogP contribution in [0.3, 0.4) is 0 Å². The van der Waals surface area contributed by atoms with Crippen molar-refractivity contribution < 1.29 is 9.84 Å². The molecule has 88 valence electrons. The molecule has 0 aliphatic carbocycles. The number of rotatable bonds is 3. The fourth-order valence-corrected chi connectivity index (χ4v) is 1.86. The lowest BCUT2D eigenvalue weighted by Crippen LogP contribution is -1.95. The highest BCUT2D eigenvalue weighted by Crippen LogP contribution is 2.28. The van der Waals surface area contributed by atoms with E-state index in [0.29, 0.717) is 22.4 Å². The summed E-state index contributed by atoms with van der Waals surface area (Å²) in [7, 11) is 0. The number of benzene rings is 2. The SMILES string of the molecule is Oc1cccc(COc2ccc(Cl)cc2Cl)c1. The minimum Gasteiger partial charge on any atom is -0.508 e. The summed E-state index contributed by atoms with van der Waals surface area (Å²) in [5.41, 5.74) is 0.871. The summed E-state index contributed by atoms with van der Waals surface area (Å²) in [6.07, 6.45) is 0. The molecule has 2 aromatic carbocycles. The maximum Gasteiger partial charge on any atom is 0.138 e. The number of ether oxygens (including phenoxy) is 1. The minimum absolute atomic E-state index is 0.216. The first-order chi connectivity index (χ1) is 8.15. The van der Waals surface area contributed by atoms with E-state index >= 15 is 0 Å². The molecule has 0 atom stereocenters.